The third-order valence-corrected chi connectivity index (χ3v) is 3.56. The van der Waals surface area contributed by atoms with Gasteiger partial charge in [0.2, 0.25) is 0 Å². The molecule has 2 aromatic heterocycles. The molecule has 5 nitrogen and oxygen atoms in total. The smallest absolute Gasteiger partial charge is 0.257 e. The third-order valence-electron chi connectivity index (χ3n) is 3.56. The molecule has 0 saturated heterocycles. The lowest BCUT2D eigenvalue weighted by atomic mass is 10.2. The summed E-state index contributed by atoms with van der Waals surface area (Å²) in [6.45, 7) is 2.65. The number of aromatic amines is 1. The molecule has 20 heavy (non-hydrogen) atoms. The number of rotatable bonds is 3. The molecule has 102 valence electrons. The van der Waals surface area contributed by atoms with Crippen molar-refractivity contribution in [2.45, 2.75) is 13.5 Å². The van der Waals surface area contributed by atoms with Gasteiger partial charge in [-0.15, -0.1) is 0 Å². The SMILES string of the molecule is Cc1c(CNc2cc3ccccc3c(=O)[nH]2)cnn1C. The Balaban J connectivity index is 1.88. The van der Waals surface area contributed by atoms with Crippen LogP contribution >= 0.6 is 0 Å². The Morgan fingerprint density at radius 2 is 2.15 bits per heavy atom. The molecular weight excluding hydrogens is 252 g/mol. The van der Waals surface area contributed by atoms with Gasteiger partial charge in [0, 0.05) is 30.2 Å². The highest BCUT2D eigenvalue weighted by molar-refractivity contribution is 5.83. The summed E-state index contributed by atoms with van der Waals surface area (Å²) < 4.78 is 1.83. The number of anilines is 1. The molecule has 0 aliphatic rings. The number of fused-ring (bicyclic) bond motifs is 1. The lowest BCUT2D eigenvalue weighted by Gasteiger charge is -2.07. The molecule has 0 atom stereocenters. The lowest BCUT2D eigenvalue weighted by Crippen LogP contribution is -2.11. The van der Waals surface area contributed by atoms with Gasteiger partial charge in [0.25, 0.3) is 5.56 Å². The normalized spacial score (nSPS) is 10.9. The second-order valence-electron chi connectivity index (χ2n) is 4.83. The summed E-state index contributed by atoms with van der Waals surface area (Å²) in [7, 11) is 1.91. The summed E-state index contributed by atoms with van der Waals surface area (Å²) in [5.41, 5.74) is 2.15. The quantitative estimate of drug-likeness (QED) is 0.765. The molecular formula is C15H16N4O. The molecule has 1 aromatic carbocycles. The predicted octanol–water partition coefficient (Wildman–Crippen LogP) is 2.18. The Labute approximate surface area is 116 Å². The van der Waals surface area contributed by atoms with Crippen LogP contribution < -0.4 is 10.9 Å². The Morgan fingerprint density at radius 3 is 2.90 bits per heavy atom. The predicted molar refractivity (Wildman–Crippen MR) is 79.8 cm³/mol. The summed E-state index contributed by atoms with van der Waals surface area (Å²) in [5, 5.41) is 9.08. The van der Waals surface area contributed by atoms with Gasteiger partial charge in [-0.2, -0.15) is 5.10 Å². The summed E-state index contributed by atoms with van der Waals surface area (Å²) >= 11 is 0. The van der Waals surface area contributed by atoms with Gasteiger partial charge in [0.15, 0.2) is 0 Å². The van der Waals surface area contributed by atoms with E-state index < -0.39 is 0 Å². The van der Waals surface area contributed by atoms with Crippen LogP contribution in [-0.2, 0) is 13.6 Å². The zero-order valence-electron chi connectivity index (χ0n) is 11.5. The van der Waals surface area contributed by atoms with Crippen molar-refractivity contribution in [1.29, 1.82) is 0 Å². The number of pyridine rings is 1. The largest absolute Gasteiger partial charge is 0.367 e. The van der Waals surface area contributed by atoms with Gasteiger partial charge in [-0.05, 0) is 24.4 Å². The number of H-pyrrole nitrogens is 1. The van der Waals surface area contributed by atoms with Crippen molar-refractivity contribution in [1.82, 2.24) is 14.8 Å². The average Bonchev–Trinajstić information content (AvgIpc) is 2.77. The van der Waals surface area contributed by atoms with Crippen LogP contribution in [0.15, 0.2) is 41.3 Å². The number of aromatic nitrogens is 3. The maximum atomic E-state index is 12.0. The van der Waals surface area contributed by atoms with Gasteiger partial charge < -0.3 is 10.3 Å². The third kappa shape index (κ3) is 2.18. The molecule has 2 N–H and O–H groups in total. The van der Waals surface area contributed by atoms with Gasteiger partial charge in [-0.3, -0.25) is 9.48 Å². The first-order chi connectivity index (χ1) is 9.65. The van der Waals surface area contributed by atoms with Crippen LogP contribution in [0.2, 0.25) is 0 Å². The molecule has 0 fully saturated rings. The van der Waals surface area contributed by atoms with Crippen LogP contribution in [0.1, 0.15) is 11.3 Å². The fourth-order valence-corrected chi connectivity index (χ4v) is 2.21. The van der Waals surface area contributed by atoms with E-state index in [0.717, 1.165) is 22.5 Å². The van der Waals surface area contributed by atoms with E-state index in [-0.39, 0.29) is 5.56 Å². The molecule has 0 spiro atoms. The maximum Gasteiger partial charge on any atom is 0.257 e. The molecule has 0 amide bonds. The summed E-state index contributed by atoms with van der Waals surface area (Å²) in [5.74, 6) is 0.719. The highest BCUT2D eigenvalue weighted by atomic mass is 16.1. The van der Waals surface area contributed by atoms with Crippen LogP contribution in [0.25, 0.3) is 10.8 Å². The summed E-state index contributed by atoms with van der Waals surface area (Å²) in [6, 6.07) is 9.50. The first kappa shape index (κ1) is 12.5. The summed E-state index contributed by atoms with van der Waals surface area (Å²) in [4.78, 5) is 14.8. The van der Waals surface area contributed by atoms with Crippen molar-refractivity contribution >= 4 is 16.6 Å². The number of hydrogen-bond donors (Lipinski definition) is 2. The molecule has 5 heteroatoms. The minimum absolute atomic E-state index is 0.0755. The van der Waals surface area contributed by atoms with Crippen molar-refractivity contribution in [3.63, 3.8) is 0 Å². The number of aryl methyl sites for hydroxylation is 1. The van der Waals surface area contributed by atoms with Crippen molar-refractivity contribution in [2.24, 2.45) is 7.05 Å². The highest BCUT2D eigenvalue weighted by Crippen LogP contribution is 2.14. The van der Waals surface area contributed by atoms with E-state index in [0.29, 0.717) is 11.9 Å². The minimum Gasteiger partial charge on any atom is -0.367 e. The zero-order chi connectivity index (χ0) is 14.1. The molecule has 0 radical (unpaired) electrons. The number of hydrogen-bond acceptors (Lipinski definition) is 3. The fourth-order valence-electron chi connectivity index (χ4n) is 2.21. The molecule has 3 aromatic rings. The Morgan fingerprint density at radius 1 is 1.35 bits per heavy atom. The highest BCUT2D eigenvalue weighted by Gasteiger charge is 2.05. The molecule has 3 rings (SSSR count). The minimum atomic E-state index is -0.0755. The standard InChI is InChI=1S/C15H16N4O/c1-10-12(9-17-19(10)2)8-16-14-7-11-5-3-4-6-13(11)15(20)18-14/h3-7,9H,8H2,1-2H3,(H2,16,18,20). The summed E-state index contributed by atoms with van der Waals surface area (Å²) in [6.07, 6.45) is 1.83. The van der Waals surface area contributed by atoms with Gasteiger partial charge in [0.05, 0.1) is 6.20 Å². The maximum absolute atomic E-state index is 12.0. The van der Waals surface area contributed by atoms with Gasteiger partial charge >= 0.3 is 0 Å². The van der Waals surface area contributed by atoms with E-state index >= 15 is 0 Å². The fraction of sp³-hybridized carbons (Fsp3) is 0.200. The van der Waals surface area contributed by atoms with E-state index in [1.807, 2.05) is 55.2 Å². The van der Waals surface area contributed by atoms with Crippen LogP contribution in [0.5, 0.6) is 0 Å². The first-order valence-corrected chi connectivity index (χ1v) is 6.48. The Kier molecular flexibility index (Phi) is 3.02. The topological polar surface area (TPSA) is 62.7 Å². The van der Waals surface area contributed by atoms with Crippen LogP contribution in [-0.4, -0.2) is 14.8 Å². The zero-order valence-corrected chi connectivity index (χ0v) is 11.5. The van der Waals surface area contributed by atoms with Gasteiger partial charge in [0.1, 0.15) is 5.82 Å². The van der Waals surface area contributed by atoms with Gasteiger partial charge in [-0.25, -0.2) is 0 Å². The molecule has 0 saturated carbocycles. The first-order valence-electron chi connectivity index (χ1n) is 6.48. The van der Waals surface area contributed by atoms with E-state index in [2.05, 4.69) is 15.4 Å². The Hall–Kier alpha value is -2.56. The van der Waals surface area contributed by atoms with Crippen LogP contribution in [0.4, 0.5) is 5.82 Å². The molecule has 0 bridgehead atoms. The molecule has 0 unspecified atom stereocenters. The van der Waals surface area contributed by atoms with Crippen molar-refractivity contribution in [3.05, 3.63) is 58.1 Å². The average molecular weight is 268 g/mol. The van der Waals surface area contributed by atoms with Crippen molar-refractivity contribution < 1.29 is 0 Å². The molecule has 0 aliphatic heterocycles. The van der Waals surface area contributed by atoms with Crippen molar-refractivity contribution in [2.75, 3.05) is 5.32 Å². The van der Waals surface area contributed by atoms with E-state index in [9.17, 15) is 4.79 Å². The monoisotopic (exact) mass is 268 g/mol. The second-order valence-corrected chi connectivity index (χ2v) is 4.83. The molecule has 2 heterocycles. The number of nitrogens with zero attached hydrogens (tertiary/aromatic N) is 2. The van der Waals surface area contributed by atoms with Gasteiger partial charge in [-0.1, -0.05) is 18.2 Å². The second kappa shape index (κ2) is 4.85. The Bertz CT molecular complexity index is 816. The van der Waals surface area contributed by atoms with E-state index in [4.69, 9.17) is 0 Å². The number of nitrogens with one attached hydrogen (secondary N) is 2. The van der Waals surface area contributed by atoms with Crippen LogP contribution in [0, 0.1) is 6.92 Å². The van der Waals surface area contributed by atoms with Crippen molar-refractivity contribution in [3.8, 4) is 0 Å². The lowest BCUT2D eigenvalue weighted by molar-refractivity contribution is 0.738. The van der Waals surface area contributed by atoms with Crippen LogP contribution in [0.3, 0.4) is 0 Å². The van der Waals surface area contributed by atoms with E-state index in [1.54, 1.807) is 0 Å². The molecule has 0 aliphatic carbocycles. The number of benzene rings is 1. The van der Waals surface area contributed by atoms with E-state index in [1.165, 1.54) is 0 Å².